The Morgan fingerprint density at radius 2 is 1.97 bits per heavy atom. The highest BCUT2D eigenvalue weighted by Gasteiger charge is 2.31. The molecule has 170 valence electrons. The van der Waals surface area contributed by atoms with Crippen molar-refractivity contribution < 1.29 is 27.5 Å². The molecule has 2 heterocycles. The summed E-state index contributed by atoms with van der Waals surface area (Å²) in [5.74, 6) is -1.14. The molecule has 0 aliphatic carbocycles. The molecular formula is C21H29N3O6S. The van der Waals surface area contributed by atoms with Crippen LogP contribution in [0.1, 0.15) is 35.7 Å². The third kappa shape index (κ3) is 5.17. The minimum absolute atomic E-state index is 0.0963. The Kier molecular flexibility index (Phi) is 6.88. The summed E-state index contributed by atoms with van der Waals surface area (Å²) in [6.07, 6.45) is 3.11. The summed E-state index contributed by atoms with van der Waals surface area (Å²) in [4.78, 5) is 40.5. The average molecular weight is 452 g/mol. The number of piperidine rings is 1. The summed E-state index contributed by atoms with van der Waals surface area (Å²) >= 11 is 0. The first-order chi connectivity index (χ1) is 14.6. The zero-order valence-corrected chi connectivity index (χ0v) is 19.0. The number of hydrogen-bond donors (Lipinski definition) is 0. The molecule has 1 fully saturated rings. The van der Waals surface area contributed by atoms with Crippen molar-refractivity contribution in [1.29, 1.82) is 0 Å². The van der Waals surface area contributed by atoms with Gasteiger partial charge in [0.05, 0.1) is 31.0 Å². The molecule has 0 spiro atoms. The number of carbonyl (C=O) groups excluding carboxylic acids is 3. The van der Waals surface area contributed by atoms with Crippen LogP contribution >= 0.6 is 0 Å². The molecule has 9 nitrogen and oxygen atoms in total. The van der Waals surface area contributed by atoms with Crippen LogP contribution in [0.5, 0.6) is 0 Å². The summed E-state index contributed by atoms with van der Waals surface area (Å²) in [5.41, 5.74) is 1.80. The van der Waals surface area contributed by atoms with Gasteiger partial charge in [0.25, 0.3) is 5.91 Å². The molecule has 31 heavy (non-hydrogen) atoms. The van der Waals surface area contributed by atoms with Gasteiger partial charge in [0, 0.05) is 32.2 Å². The van der Waals surface area contributed by atoms with Crippen LogP contribution in [0, 0.1) is 5.92 Å². The first kappa shape index (κ1) is 23.1. The highest BCUT2D eigenvalue weighted by atomic mass is 32.2. The predicted octanol–water partition coefficient (Wildman–Crippen LogP) is 0.882. The van der Waals surface area contributed by atoms with Gasteiger partial charge in [-0.15, -0.1) is 0 Å². The second kappa shape index (κ2) is 9.25. The van der Waals surface area contributed by atoms with Gasteiger partial charge < -0.3 is 14.5 Å². The van der Waals surface area contributed by atoms with Gasteiger partial charge in [0.15, 0.2) is 0 Å². The van der Waals surface area contributed by atoms with Crippen molar-refractivity contribution in [2.45, 2.75) is 26.2 Å². The first-order valence-corrected chi connectivity index (χ1v) is 12.3. The van der Waals surface area contributed by atoms with E-state index in [1.165, 1.54) is 9.21 Å². The average Bonchev–Trinajstić information content (AvgIpc) is 3.17. The molecule has 0 bridgehead atoms. The minimum atomic E-state index is -3.35. The van der Waals surface area contributed by atoms with Crippen molar-refractivity contribution in [1.82, 2.24) is 9.80 Å². The zero-order valence-electron chi connectivity index (χ0n) is 18.2. The minimum Gasteiger partial charge on any atom is -0.466 e. The highest BCUT2D eigenvalue weighted by molar-refractivity contribution is 7.92. The lowest BCUT2D eigenvalue weighted by Crippen LogP contribution is -2.47. The van der Waals surface area contributed by atoms with Crippen LogP contribution in [0.3, 0.4) is 0 Å². The van der Waals surface area contributed by atoms with Gasteiger partial charge in [-0.1, -0.05) is 0 Å². The molecule has 2 aliphatic heterocycles. The second-order valence-electron chi connectivity index (χ2n) is 8.02. The fourth-order valence-electron chi connectivity index (χ4n) is 4.10. The molecule has 0 N–H and O–H groups in total. The number of amides is 2. The maximum Gasteiger partial charge on any atom is 0.310 e. The smallest absolute Gasteiger partial charge is 0.310 e. The van der Waals surface area contributed by atoms with E-state index in [1.807, 2.05) is 0 Å². The standard InChI is InChI=1S/C21H29N3O6S/c1-4-30-21(27)17-6-5-10-23(13-17)19(25)14-22(2)20(26)16-7-8-18-15(12-16)9-11-24(18)31(3,28)29/h7-8,12,17H,4-6,9-11,13-14H2,1-3H3. The van der Waals surface area contributed by atoms with Crippen molar-refractivity contribution in [3.05, 3.63) is 29.3 Å². The highest BCUT2D eigenvalue weighted by Crippen LogP contribution is 2.31. The number of rotatable bonds is 6. The molecule has 2 aliphatic rings. The predicted molar refractivity (Wildman–Crippen MR) is 115 cm³/mol. The monoisotopic (exact) mass is 451 g/mol. The number of benzene rings is 1. The van der Waals surface area contributed by atoms with Crippen molar-refractivity contribution in [2.75, 3.05) is 50.4 Å². The van der Waals surface area contributed by atoms with Crippen LogP contribution in [-0.4, -0.2) is 82.1 Å². The topological polar surface area (TPSA) is 104 Å². The van der Waals surface area contributed by atoms with Gasteiger partial charge in [-0.2, -0.15) is 0 Å². The van der Waals surface area contributed by atoms with Crippen molar-refractivity contribution in [2.24, 2.45) is 5.92 Å². The Morgan fingerprint density at radius 3 is 2.65 bits per heavy atom. The molecule has 10 heteroatoms. The van der Waals surface area contributed by atoms with Gasteiger partial charge in [-0.25, -0.2) is 8.42 Å². The van der Waals surface area contributed by atoms with Gasteiger partial charge in [-0.05, 0) is 49.9 Å². The lowest BCUT2D eigenvalue weighted by Gasteiger charge is -2.32. The number of esters is 1. The van der Waals surface area contributed by atoms with E-state index < -0.39 is 10.0 Å². The first-order valence-electron chi connectivity index (χ1n) is 10.4. The van der Waals surface area contributed by atoms with Gasteiger partial charge in [0.1, 0.15) is 0 Å². The third-order valence-electron chi connectivity index (χ3n) is 5.69. The number of likely N-dealkylation sites (N-methyl/N-ethyl adjacent to an activating group) is 1. The molecule has 3 rings (SSSR count). The van der Waals surface area contributed by atoms with E-state index in [4.69, 9.17) is 4.74 Å². The van der Waals surface area contributed by atoms with E-state index >= 15 is 0 Å². The molecule has 1 atom stereocenters. The maximum atomic E-state index is 12.8. The molecule has 1 unspecified atom stereocenters. The van der Waals surface area contributed by atoms with E-state index in [9.17, 15) is 22.8 Å². The van der Waals surface area contributed by atoms with Crippen molar-refractivity contribution in [3.8, 4) is 0 Å². The SMILES string of the molecule is CCOC(=O)C1CCCN(C(=O)CN(C)C(=O)c2ccc3c(c2)CCN3S(C)(=O)=O)C1. The Bertz CT molecular complexity index is 977. The van der Waals surface area contributed by atoms with E-state index in [2.05, 4.69) is 0 Å². The summed E-state index contributed by atoms with van der Waals surface area (Å²) in [6, 6.07) is 4.92. The fourth-order valence-corrected chi connectivity index (χ4v) is 5.06. The number of nitrogens with zero attached hydrogens (tertiary/aromatic N) is 3. The molecule has 1 aromatic rings. The largest absolute Gasteiger partial charge is 0.466 e. The molecule has 2 amide bonds. The van der Waals surface area contributed by atoms with Crippen LogP contribution in [0.4, 0.5) is 5.69 Å². The lowest BCUT2D eigenvalue weighted by molar-refractivity contribution is -0.151. The molecule has 1 aromatic carbocycles. The second-order valence-corrected chi connectivity index (χ2v) is 9.93. The maximum absolute atomic E-state index is 12.8. The molecule has 0 aromatic heterocycles. The molecule has 0 radical (unpaired) electrons. The normalized spacial score (nSPS) is 18.5. The zero-order chi connectivity index (χ0) is 22.8. The van der Waals surface area contributed by atoms with Crippen LogP contribution in [-0.2, 0) is 30.8 Å². The number of ether oxygens (including phenoxy) is 1. The van der Waals surface area contributed by atoms with Gasteiger partial charge in [-0.3, -0.25) is 18.7 Å². The Hall–Kier alpha value is -2.62. The fraction of sp³-hybridized carbons (Fsp3) is 0.571. The Labute approximate surface area is 183 Å². The van der Waals surface area contributed by atoms with Crippen molar-refractivity contribution >= 4 is 33.5 Å². The van der Waals surface area contributed by atoms with Crippen LogP contribution in [0.15, 0.2) is 18.2 Å². The summed E-state index contributed by atoms with van der Waals surface area (Å²) in [7, 11) is -1.79. The third-order valence-corrected chi connectivity index (χ3v) is 6.87. The van der Waals surface area contributed by atoms with E-state index in [0.29, 0.717) is 56.8 Å². The molecule has 1 saturated heterocycles. The number of likely N-dealkylation sites (tertiary alicyclic amines) is 1. The Balaban J connectivity index is 1.63. The number of anilines is 1. The lowest BCUT2D eigenvalue weighted by atomic mass is 9.98. The van der Waals surface area contributed by atoms with Gasteiger partial charge >= 0.3 is 5.97 Å². The van der Waals surface area contributed by atoms with E-state index in [-0.39, 0.29) is 30.2 Å². The Morgan fingerprint density at radius 1 is 1.23 bits per heavy atom. The van der Waals surface area contributed by atoms with Gasteiger partial charge in [0.2, 0.25) is 15.9 Å². The number of hydrogen-bond acceptors (Lipinski definition) is 6. The molecule has 0 saturated carbocycles. The number of fused-ring (bicyclic) bond motifs is 1. The number of sulfonamides is 1. The summed E-state index contributed by atoms with van der Waals surface area (Å²) < 4.78 is 30.2. The summed E-state index contributed by atoms with van der Waals surface area (Å²) in [5, 5.41) is 0. The van der Waals surface area contributed by atoms with Crippen molar-refractivity contribution in [3.63, 3.8) is 0 Å². The summed E-state index contributed by atoms with van der Waals surface area (Å²) in [6.45, 7) is 3.18. The van der Waals surface area contributed by atoms with E-state index in [0.717, 1.165) is 11.8 Å². The van der Waals surface area contributed by atoms with Crippen LogP contribution in [0.25, 0.3) is 0 Å². The van der Waals surface area contributed by atoms with Crippen LogP contribution < -0.4 is 4.31 Å². The van der Waals surface area contributed by atoms with Crippen LogP contribution in [0.2, 0.25) is 0 Å². The number of carbonyl (C=O) groups is 3. The quantitative estimate of drug-likeness (QED) is 0.595. The van der Waals surface area contributed by atoms with E-state index in [1.54, 1.807) is 37.1 Å². The molecular weight excluding hydrogens is 422 g/mol.